The van der Waals surface area contributed by atoms with Gasteiger partial charge in [0.25, 0.3) is 0 Å². The van der Waals surface area contributed by atoms with E-state index in [0.717, 1.165) is 0 Å². The molecule has 1 aromatic rings. The summed E-state index contributed by atoms with van der Waals surface area (Å²) in [5.74, 6) is 3.88. The van der Waals surface area contributed by atoms with E-state index in [-0.39, 0.29) is 6.54 Å². The third kappa shape index (κ3) is 2.08. The Labute approximate surface area is 80.4 Å². The Morgan fingerprint density at radius 2 is 2.46 bits per heavy atom. The van der Waals surface area contributed by atoms with Crippen LogP contribution in [0.5, 0.6) is 0 Å². The molecule has 0 bridgehead atoms. The van der Waals surface area contributed by atoms with E-state index in [1.165, 1.54) is 16.2 Å². The molecule has 0 N–H and O–H groups in total. The molecular weight excluding hydrogens is 184 g/mol. The molecule has 0 saturated carbocycles. The van der Waals surface area contributed by atoms with Crippen LogP contribution in [0.1, 0.15) is 0 Å². The highest BCUT2D eigenvalue weighted by molar-refractivity contribution is 7.13. The first-order valence-corrected chi connectivity index (χ1v) is 4.28. The first kappa shape index (κ1) is 9.31. The second-order valence-electron chi connectivity index (χ2n) is 2.05. The molecule has 1 amide bonds. The molecule has 13 heavy (non-hydrogen) atoms. The summed E-state index contributed by atoms with van der Waals surface area (Å²) < 4.78 is 0. The van der Waals surface area contributed by atoms with Crippen molar-refractivity contribution >= 4 is 22.4 Å². The summed E-state index contributed by atoms with van der Waals surface area (Å²) in [6.07, 6.45) is 11.7. The zero-order valence-electron chi connectivity index (χ0n) is 6.73. The number of carbonyl (C=O) groups is 1. The number of carbonyl (C=O) groups excluding carboxylic acids is 1. The van der Waals surface area contributed by atoms with Crippen molar-refractivity contribution in [3.63, 3.8) is 0 Å². The van der Waals surface area contributed by atoms with Crippen molar-refractivity contribution in [3.8, 4) is 24.7 Å². The lowest BCUT2D eigenvalue weighted by Crippen LogP contribution is -2.29. The SMILES string of the molecule is C#CCN(C(=O)C#C)c1nccs1. The van der Waals surface area contributed by atoms with Gasteiger partial charge in [0, 0.05) is 11.6 Å². The topological polar surface area (TPSA) is 33.2 Å². The number of hydrogen-bond acceptors (Lipinski definition) is 3. The van der Waals surface area contributed by atoms with Gasteiger partial charge in [-0.15, -0.1) is 24.2 Å². The maximum Gasteiger partial charge on any atom is 0.305 e. The Bertz CT molecular complexity index is 369. The van der Waals surface area contributed by atoms with E-state index >= 15 is 0 Å². The number of terminal acetylenes is 2. The van der Waals surface area contributed by atoms with Crippen LogP contribution in [0.2, 0.25) is 0 Å². The predicted octanol–water partition coefficient (Wildman–Crippen LogP) is 0.743. The fourth-order valence-corrected chi connectivity index (χ4v) is 1.38. The fourth-order valence-electron chi connectivity index (χ4n) is 0.745. The maximum atomic E-state index is 11.2. The molecule has 1 heterocycles. The smallest absolute Gasteiger partial charge is 0.265 e. The number of aromatic nitrogens is 1. The Morgan fingerprint density at radius 3 is 2.92 bits per heavy atom. The van der Waals surface area contributed by atoms with Crippen LogP contribution in [0.25, 0.3) is 0 Å². The zero-order valence-corrected chi connectivity index (χ0v) is 7.54. The monoisotopic (exact) mass is 190 g/mol. The van der Waals surface area contributed by atoms with Crippen LogP contribution in [0.15, 0.2) is 11.6 Å². The molecule has 4 heteroatoms. The van der Waals surface area contributed by atoms with Gasteiger partial charge in [-0.3, -0.25) is 9.69 Å². The molecule has 1 aromatic heterocycles. The van der Waals surface area contributed by atoms with Crippen LogP contribution in [-0.2, 0) is 4.79 Å². The zero-order chi connectivity index (χ0) is 9.68. The van der Waals surface area contributed by atoms with Crippen LogP contribution >= 0.6 is 11.3 Å². The first-order chi connectivity index (χ1) is 6.29. The van der Waals surface area contributed by atoms with Crippen molar-refractivity contribution in [2.45, 2.75) is 0 Å². The minimum absolute atomic E-state index is 0.149. The van der Waals surface area contributed by atoms with Gasteiger partial charge in [0.15, 0.2) is 5.13 Å². The molecule has 0 unspecified atom stereocenters. The highest BCUT2D eigenvalue weighted by Crippen LogP contribution is 2.16. The van der Waals surface area contributed by atoms with Gasteiger partial charge < -0.3 is 0 Å². The van der Waals surface area contributed by atoms with Crippen LogP contribution in [-0.4, -0.2) is 17.4 Å². The Balaban J connectivity index is 2.89. The number of hydrogen-bond donors (Lipinski definition) is 0. The third-order valence-electron chi connectivity index (χ3n) is 1.27. The van der Waals surface area contributed by atoms with E-state index in [1.807, 2.05) is 5.92 Å². The van der Waals surface area contributed by atoms with Gasteiger partial charge in [0.05, 0.1) is 6.54 Å². The van der Waals surface area contributed by atoms with Crippen molar-refractivity contribution in [1.82, 2.24) is 4.98 Å². The predicted molar refractivity (Wildman–Crippen MR) is 52.1 cm³/mol. The number of anilines is 1. The molecule has 1 rings (SSSR count). The second-order valence-corrected chi connectivity index (χ2v) is 2.93. The van der Waals surface area contributed by atoms with Crippen molar-refractivity contribution < 1.29 is 4.79 Å². The van der Waals surface area contributed by atoms with E-state index in [1.54, 1.807) is 11.6 Å². The van der Waals surface area contributed by atoms with Gasteiger partial charge in [-0.05, 0) is 5.92 Å². The highest BCUT2D eigenvalue weighted by atomic mass is 32.1. The van der Waals surface area contributed by atoms with E-state index in [9.17, 15) is 4.79 Å². The average molecular weight is 190 g/mol. The Morgan fingerprint density at radius 1 is 1.69 bits per heavy atom. The van der Waals surface area contributed by atoms with Crippen molar-refractivity contribution in [2.24, 2.45) is 0 Å². The molecule has 3 nitrogen and oxygen atoms in total. The normalized spacial score (nSPS) is 8.46. The summed E-state index contributed by atoms with van der Waals surface area (Å²) in [4.78, 5) is 16.4. The van der Waals surface area contributed by atoms with Crippen LogP contribution in [0, 0.1) is 24.7 Å². The van der Waals surface area contributed by atoms with Gasteiger partial charge in [0.2, 0.25) is 0 Å². The van der Waals surface area contributed by atoms with Crippen LogP contribution < -0.4 is 4.90 Å². The summed E-state index contributed by atoms with van der Waals surface area (Å²) in [7, 11) is 0. The summed E-state index contributed by atoms with van der Waals surface area (Å²) in [6.45, 7) is 0.149. The lowest BCUT2D eigenvalue weighted by atomic mass is 10.5. The third-order valence-corrected chi connectivity index (χ3v) is 2.06. The lowest BCUT2D eigenvalue weighted by Gasteiger charge is -2.12. The number of amides is 1. The number of thiazole rings is 1. The quantitative estimate of drug-likeness (QED) is 0.644. The average Bonchev–Trinajstić information content (AvgIpc) is 2.65. The molecule has 64 valence electrons. The number of nitrogens with zero attached hydrogens (tertiary/aromatic N) is 2. The Kier molecular flexibility index (Phi) is 3.08. The molecule has 0 aliphatic carbocycles. The molecule has 0 atom stereocenters. The van der Waals surface area contributed by atoms with Crippen molar-refractivity contribution in [1.29, 1.82) is 0 Å². The van der Waals surface area contributed by atoms with Crippen molar-refractivity contribution in [3.05, 3.63) is 11.6 Å². The molecule has 0 radical (unpaired) electrons. The van der Waals surface area contributed by atoms with Crippen LogP contribution in [0.4, 0.5) is 5.13 Å². The molecular formula is C9H6N2OS. The largest absolute Gasteiger partial charge is 0.305 e. The molecule has 0 aliphatic rings. The fraction of sp³-hybridized carbons (Fsp3) is 0.111. The van der Waals surface area contributed by atoms with Gasteiger partial charge in [0.1, 0.15) is 0 Å². The van der Waals surface area contributed by atoms with E-state index in [4.69, 9.17) is 12.8 Å². The van der Waals surface area contributed by atoms with E-state index in [2.05, 4.69) is 10.9 Å². The molecule has 0 aromatic carbocycles. The van der Waals surface area contributed by atoms with Crippen molar-refractivity contribution in [2.75, 3.05) is 11.4 Å². The van der Waals surface area contributed by atoms with Crippen LogP contribution in [0.3, 0.4) is 0 Å². The maximum absolute atomic E-state index is 11.2. The number of rotatable bonds is 2. The molecule has 0 spiro atoms. The molecule has 0 aliphatic heterocycles. The molecule has 0 saturated heterocycles. The Hall–Kier alpha value is -1.78. The first-order valence-electron chi connectivity index (χ1n) is 3.40. The van der Waals surface area contributed by atoms with Gasteiger partial charge in [-0.25, -0.2) is 4.98 Å². The highest BCUT2D eigenvalue weighted by Gasteiger charge is 2.13. The second kappa shape index (κ2) is 4.30. The summed E-state index contributed by atoms with van der Waals surface area (Å²) in [5.41, 5.74) is 0. The minimum atomic E-state index is -0.465. The van der Waals surface area contributed by atoms with E-state index < -0.39 is 5.91 Å². The molecule has 0 fully saturated rings. The summed E-state index contributed by atoms with van der Waals surface area (Å²) in [5, 5.41) is 2.28. The lowest BCUT2D eigenvalue weighted by molar-refractivity contribution is -0.113. The van der Waals surface area contributed by atoms with Gasteiger partial charge in [-0.1, -0.05) is 5.92 Å². The standard InChI is InChI=1S/C9H6N2OS/c1-3-6-11(8(12)4-2)9-10-5-7-13-9/h1-2,5,7H,6H2. The summed E-state index contributed by atoms with van der Waals surface area (Å²) >= 11 is 1.32. The van der Waals surface area contributed by atoms with E-state index in [0.29, 0.717) is 5.13 Å². The summed E-state index contributed by atoms with van der Waals surface area (Å²) in [6, 6.07) is 0. The van der Waals surface area contributed by atoms with Gasteiger partial charge in [-0.2, -0.15) is 0 Å². The van der Waals surface area contributed by atoms with Gasteiger partial charge >= 0.3 is 5.91 Å². The minimum Gasteiger partial charge on any atom is -0.265 e.